The van der Waals surface area contributed by atoms with Gasteiger partial charge in [-0.3, -0.25) is 0 Å². The molecule has 0 amide bonds. The van der Waals surface area contributed by atoms with Crippen LogP contribution in [0.3, 0.4) is 0 Å². The van der Waals surface area contributed by atoms with Gasteiger partial charge in [0.1, 0.15) is 5.75 Å². The summed E-state index contributed by atoms with van der Waals surface area (Å²) in [5.74, 6) is 0.117. The summed E-state index contributed by atoms with van der Waals surface area (Å²) in [6, 6.07) is 7.79. The highest BCUT2D eigenvalue weighted by Gasteiger charge is 2.05. The van der Waals surface area contributed by atoms with Gasteiger partial charge in [0.05, 0.1) is 19.8 Å². The molecule has 0 saturated heterocycles. The molecule has 1 aromatic carbocycles. The Morgan fingerprint density at radius 3 is 2.75 bits per heavy atom. The van der Waals surface area contributed by atoms with E-state index in [2.05, 4.69) is 10.8 Å². The molecule has 0 saturated carbocycles. The maximum atomic E-state index is 11.0. The van der Waals surface area contributed by atoms with Crippen molar-refractivity contribution in [3.8, 4) is 5.75 Å². The van der Waals surface area contributed by atoms with Crippen molar-refractivity contribution in [3.63, 3.8) is 0 Å². The Morgan fingerprint density at radius 2 is 2.17 bits per heavy atom. The third kappa shape index (κ3) is 1.75. The van der Waals surface area contributed by atoms with Gasteiger partial charge in [0, 0.05) is 6.07 Å². The average Bonchev–Trinajstić information content (AvgIpc) is 2.17. The molecule has 1 rings (SSSR count). The van der Waals surface area contributed by atoms with Crippen LogP contribution in [0.2, 0.25) is 0 Å². The quantitative estimate of drug-likeness (QED) is 0.619. The van der Waals surface area contributed by atoms with Gasteiger partial charge in [-0.15, -0.1) is 0 Å². The molecule has 63 valence electrons. The molecule has 0 aliphatic carbocycles. The number of ether oxygens (including phenoxy) is 2. The molecule has 0 spiro atoms. The first-order valence-electron chi connectivity index (χ1n) is 3.42. The molecule has 0 unspecified atom stereocenters. The molecule has 1 radical (unpaired) electrons. The largest absolute Gasteiger partial charge is 0.496 e. The summed E-state index contributed by atoms with van der Waals surface area (Å²) in [7, 11) is 2.85. The van der Waals surface area contributed by atoms with E-state index in [1.807, 2.05) is 0 Å². The van der Waals surface area contributed by atoms with Gasteiger partial charge in [-0.25, -0.2) is 4.79 Å². The van der Waals surface area contributed by atoms with Crippen molar-refractivity contribution in [2.75, 3.05) is 14.2 Å². The number of carbonyl (C=O) groups is 1. The zero-order valence-electron chi connectivity index (χ0n) is 6.96. The fourth-order valence-corrected chi connectivity index (χ4v) is 0.796. The van der Waals surface area contributed by atoms with Crippen LogP contribution in [0.25, 0.3) is 0 Å². The zero-order valence-corrected chi connectivity index (χ0v) is 6.96. The minimum Gasteiger partial charge on any atom is -0.496 e. The first-order chi connectivity index (χ1) is 5.77. The van der Waals surface area contributed by atoms with Crippen molar-refractivity contribution in [2.45, 2.75) is 0 Å². The minimum absolute atomic E-state index is 0.372. The van der Waals surface area contributed by atoms with E-state index in [9.17, 15) is 4.79 Å². The third-order valence-electron chi connectivity index (χ3n) is 1.39. The Labute approximate surface area is 70.9 Å². The molecule has 0 aliphatic heterocycles. The summed E-state index contributed by atoms with van der Waals surface area (Å²) in [5.41, 5.74) is 0.372. The van der Waals surface area contributed by atoms with Crippen molar-refractivity contribution in [3.05, 3.63) is 29.8 Å². The molecule has 0 N–H and O–H groups in total. The number of esters is 1. The van der Waals surface area contributed by atoms with E-state index in [1.54, 1.807) is 18.2 Å². The summed E-state index contributed by atoms with van der Waals surface area (Å²) in [5, 5.41) is 0. The normalized spacial score (nSPS) is 9.17. The van der Waals surface area contributed by atoms with Gasteiger partial charge in [-0.1, -0.05) is 6.07 Å². The zero-order chi connectivity index (χ0) is 8.97. The predicted molar refractivity (Wildman–Crippen MR) is 43.2 cm³/mol. The van der Waals surface area contributed by atoms with Gasteiger partial charge >= 0.3 is 5.97 Å². The lowest BCUT2D eigenvalue weighted by molar-refractivity contribution is 0.0600. The van der Waals surface area contributed by atoms with E-state index in [1.165, 1.54) is 14.2 Å². The number of benzene rings is 1. The van der Waals surface area contributed by atoms with Gasteiger partial charge in [-0.05, 0) is 12.1 Å². The molecule has 0 atom stereocenters. The van der Waals surface area contributed by atoms with Crippen LogP contribution in [0.5, 0.6) is 5.75 Å². The Bertz CT molecular complexity index is 281. The van der Waals surface area contributed by atoms with Crippen LogP contribution in [0, 0.1) is 6.07 Å². The number of hydrogen-bond acceptors (Lipinski definition) is 3. The number of methoxy groups -OCH3 is 2. The van der Waals surface area contributed by atoms with Crippen LogP contribution in [-0.2, 0) is 4.74 Å². The van der Waals surface area contributed by atoms with Crippen LogP contribution in [0.15, 0.2) is 18.2 Å². The van der Waals surface area contributed by atoms with Crippen molar-refractivity contribution in [1.29, 1.82) is 0 Å². The van der Waals surface area contributed by atoms with Crippen LogP contribution in [0.1, 0.15) is 10.4 Å². The fourth-order valence-electron chi connectivity index (χ4n) is 0.796. The number of hydrogen-bond donors (Lipinski definition) is 0. The predicted octanol–water partition coefficient (Wildman–Crippen LogP) is 1.28. The van der Waals surface area contributed by atoms with Gasteiger partial charge < -0.3 is 9.47 Å². The Kier molecular flexibility index (Phi) is 2.69. The first-order valence-corrected chi connectivity index (χ1v) is 3.42. The highest BCUT2D eigenvalue weighted by Crippen LogP contribution is 2.11. The third-order valence-corrected chi connectivity index (χ3v) is 1.39. The maximum Gasteiger partial charge on any atom is 0.338 e. The molecule has 0 bridgehead atoms. The van der Waals surface area contributed by atoms with Crippen LogP contribution < -0.4 is 4.74 Å². The van der Waals surface area contributed by atoms with E-state index < -0.39 is 5.97 Å². The maximum absolute atomic E-state index is 11.0. The van der Waals surface area contributed by atoms with Crippen LogP contribution >= 0.6 is 0 Å². The molecule has 12 heavy (non-hydrogen) atoms. The van der Waals surface area contributed by atoms with Gasteiger partial charge in [0.15, 0.2) is 0 Å². The summed E-state index contributed by atoms with van der Waals surface area (Å²) in [4.78, 5) is 11.0. The SMILES string of the molecule is COC(=O)c1[c]c(OC)ccc1. The highest BCUT2D eigenvalue weighted by molar-refractivity contribution is 5.89. The summed E-state index contributed by atoms with van der Waals surface area (Å²) < 4.78 is 9.40. The lowest BCUT2D eigenvalue weighted by Crippen LogP contribution is -2.01. The minimum atomic E-state index is -0.408. The summed E-state index contributed by atoms with van der Waals surface area (Å²) >= 11 is 0. The number of rotatable bonds is 2. The van der Waals surface area contributed by atoms with E-state index in [4.69, 9.17) is 4.74 Å². The summed E-state index contributed by atoms with van der Waals surface area (Å²) in [6.07, 6.45) is 0. The average molecular weight is 165 g/mol. The van der Waals surface area contributed by atoms with Crippen molar-refractivity contribution in [1.82, 2.24) is 0 Å². The second-order valence-corrected chi connectivity index (χ2v) is 2.12. The fraction of sp³-hybridized carbons (Fsp3) is 0.222. The van der Waals surface area contributed by atoms with E-state index >= 15 is 0 Å². The Hall–Kier alpha value is -1.51. The lowest BCUT2D eigenvalue weighted by atomic mass is 10.2. The molecular weight excluding hydrogens is 156 g/mol. The molecule has 0 aromatic heterocycles. The van der Waals surface area contributed by atoms with Crippen molar-refractivity contribution < 1.29 is 14.3 Å². The van der Waals surface area contributed by atoms with Crippen LogP contribution in [-0.4, -0.2) is 20.2 Å². The Morgan fingerprint density at radius 1 is 1.42 bits per heavy atom. The van der Waals surface area contributed by atoms with Gasteiger partial charge in [0.2, 0.25) is 0 Å². The number of carbonyl (C=O) groups excluding carboxylic acids is 1. The molecule has 3 heteroatoms. The second kappa shape index (κ2) is 3.76. The Balaban J connectivity index is 2.93. The monoisotopic (exact) mass is 165 g/mol. The van der Waals surface area contributed by atoms with Gasteiger partial charge in [-0.2, -0.15) is 0 Å². The standard InChI is InChI=1S/C9H9O3/c1-11-8-5-3-4-7(6-8)9(10)12-2/h3-5H,1-2H3. The molecule has 0 fully saturated rings. The molecule has 1 aromatic rings. The lowest BCUT2D eigenvalue weighted by Gasteiger charge is -2.00. The molecule has 3 nitrogen and oxygen atoms in total. The van der Waals surface area contributed by atoms with E-state index in [0.717, 1.165) is 0 Å². The smallest absolute Gasteiger partial charge is 0.338 e. The summed E-state index contributed by atoms with van der Waals surface area (Å²) in [6.45, 7) is 0. The van der Waals surface area contributed by atoms with E-state index in [-0.39, 0.29) is 0 Å². The second-order valence-electron chi connectivity index (χ2n) is 2.12. The van der Waals surface area contributed by atoms with Crippen molar-refractivity contribution in [2.24, 2.45) is 0 Å². The highest BCUT2D eigenvalue weighted by atomic mass is 16.5. The van der Waals surface area contributed by atoms with Crippen molar-refractivity contribution >= 4 is 5.97 Å². The topological polar surface area (TPSA) is 35.5 Å². The van der Waals surface area contributed by atoms with E-state index in [0.29, 0.717) is 11.3 Å². The van der Waals surface area contributed by atoms with Crippen LogP contribution in [0.4, 0.5) is 0 Å². The molecule has 0 heterocycles. The molecular formula is C9H9O3. The first kappa shape index (κ1) is 8.59. The van der Waals surface area contributed by atoms with Gasteiger partial charge in [0.25, 0.3) is 0 Å². The molecule has 0 aliphatic rings.